The Kier molecular flexibility index (Phi) is 11.5. The molecule has 0 unspecified atom stereocenters. The average molecular weight is 662 g/mol. The highest BCUT2D eigenvalue weighted by Gasteiger charge is 2.57. The Balaban J connectivity index is 1.57. The normalized spacial score (nSPS) is 25.3. The predicted octanol–water partition coefficient (Wildman–Crippen LogP) is 5.42. The minimum atomic E-state index is -1.20. The molecular formula is C39H51NO8. The second-order valence-corrected chi connectivity index (χ2v) is 13.9. The van der Waals surface area contributed by atoms with Crippen molar-refractivity contribution in [3.05, 3.63) is 94.5 Å². The number of carbonyl (C=O) groups excluding carboxylic acids is 1. The van der Waals surface area contributed by atoms with E-state index in [1.54, 1.807) is 26.4 Å². The number of aliphatic hydroxyl groups excluding tert-OH is 3. The molecule has 1 fully saturated rings. The number of furan rings is 1. The summed E-state index contributed by atoms with van der Waals surface area (Å²) in [6, 6.07) is 14.9. The number of fused-ring (bicyclic) bond motifs is 8. The van der Waals surface area contributed by atoms with Gasteiger partial charge in [-0.2, -0.15) is 0 Å². The molecule has 0 saturated heterocycles. The first-order chi connectivity index (χ1) is 23.0. The molecule has 0 spiro atoms. The van der Waals surface area contributed by atoms with Crippen molar-refractivity contribution in [1.29, 1.82) is 0 Å². The van der Waals surface area contributed by atoms with E-state index in [-0.39, 0.29) is 30.6 Å². The van der Waals surface area contributed by atoms with E-state index in [2.05, 4.69) is 19.9 Å². The molecule has 0 amide bonds. The van der Waals surface area contributed by atoms with Crippen molar-refractivity contribution in [2.45, 2.75) is 89.1 Å². The molecule has 0 radical (unpaired) electrons. The van der Waals surface area contributed by atoms with Crippen LogP contribution in [0.25, 0.3) is 0 Å². The Bertz CT molecular complexity index is 1570. The van der Waals surface area contributed by atoms with Crippen LogP contribution >= 0.6 is 0 Å². The molecule has 4 N–H and O–H groups in total. The molecule has 3 aromatic rings. The zero-order valence-electron chi connectivity index (χ0n) is 28.7. The van der Waals surface area contributed by atoms with Crippen LogP contribution in [0.5, 0.6) is 11.5 Å². The Morgan fingerprint density at radius 1 is 1.10 bits per heavy atom. The number of nitrogens with zero attached hydrogens (tertiary/aromatic N) is 1. The Labute approximate surface area is 283 Å². The highest BCUT2D eigenvalue weighted by molar-refractivity contribution is 6.08. The molecule has 9 nitrogen and oxygen atoms in total. The summed E-state index contributed by atoms with van der Waals surface area (Å²) in [5, 5.41) is 44.2. The van der Waals surface area contributed by atoms with Crippen LogP contribution in [0.4, 0.5) is 0 Å². The smallest absolute Gasteiger partial charge is 0.228 e. The van der Waals surface area contributed by atoms with Gasteiger partial charge in [0.05, 0.1) is 44.9 Å². The third-order valence-corrected chi connectivity index (χ3v) is 10.7. The van der Waals surface area contributed by atoms with Crippen molar-refractivity contribution in [2.75, 3.05) is 33.9 Å². The van der Waals surface area contributed by atoms with Gasteiger partial charge in [-0.05, 0) is 93.2 Å². The zero-order chi connectivity index (χ0) is 34.5. The lowest BCUT2D eigenvalue weighted by Crippen LogP contribution is -2.53. The van der Waals surface area contributed by atoms with E-state index in [9.17, 15) is 25.2 Å². The van der Waals surface area contributed by atoms with E-state index in [4.69, 9.17) is 13.9 Å². The maximum atomic E-state index is 14.0. The number of methoxy groups -OCH3 is 2. The average Bonchev–Trinajstić information content (AvgIpc) is 3.70. The first-order valence-electron chi connectivity index (χ1n) is 17.0. The Morgan fingerprint density at radius 3 is 2.62 bits per heavy atom. The predicted molar refractivity (Wildman–Crippen MR) is 183 cm³/mol. The molecular weight excluding hydrogens is 610 g/mol. The molecule has 260 valence electrons. The summed E-state index contributed by atoms with van der Waals surface area (Å²) in [5.41, 5.74) is 2.48. The van der Waals surface area contributed by atoms with E-state index in [0.717, 1.165) is 29.5 Å². The number of ketones is 1. The fraction of sp³-hybridized carbons (Fsp3) is 0.513. The van der Waals surface area contributed by atoms with Gasteiger partial charge in [-0.25, -0.2) is 0 Å². The Hall–Kier alpha value is -3.47. The van der Waals surface area contributed by atoms with E-state index in [1.165, 1.54) is 11.8 Å². The molecule has 9 heteroatoms. The third kappa shape index (κ3) is 7.71. The number of aliphatic hydroxyl groups is 4. The molecule has 2 bridgehead atoms. The zero-order valence-corrected chi connectivity index (χ0v) is 28.7. The second kappa shape index (κ2) is 15.4. The summed E-state index contributed by atoms with van der Waals surface area (Å²) in [7, 11) is 3.19. The van der Waals surface area contributed by atoms with Crippen molar-refractivity contribution < 1.29 is 39.1 Å². The van der Waals surface area contributed by atoms with Crippen molar-refractivity contribution in [3.63, 3.8) is 0 Å². The van der Waals surface area contributed by atoms with Gasteiger partial charge in [0.15, 0.2) is 5.76 Å². The summed E-state index contributed by atoms with van der Waals surface area (Å²) in [5.74, 6) is 1.16. The number of allylic oxidation sites excluding steroid dienone is 2. The van der Waals surface area contributed by atoms with Crippen LogP contribution in [0.1, 0.15) is 91.1 Å². The van der Waals surface area contributed by atoms with E-state index in [0.29, 0.717) is 55.7 Å². The standard InChI is InChI=1S/C39H51NO8/c1-26-7-5-16-38(2)34(32-14-10-27(19-29(42)12-9-26)20-33(32)37(44)35-8-6-18-48-35)15-17-39(38,45)25-40(23-30(43)24-41)22-28-11-13-31(46-3)21-36(28)47-4/h6-8,10-11,13-14,18,20-21,29-30,34,41-43,45H,5,9,12,15-17,19,22-25H2,1-4H3/t29-,30-,34-,38-,39+/m0/s1. The van der Waals surface area contributed by atoms with E-state index in [1.807, 2.05) is 41.3 Å². The second-order valence-electron chi connectivity index (χ2n) is 13.9. The van der Waals surface area contributed by atoms with Crippen LogP contribution in [0.15, 0.2) is 70.9 Å². The molecule has 2 aromatic carbocycles. The summed E-state index contributed by atoms with van der Waals surface area (Å²) in [6.45, 7) is 4.57. The van der Waals surface area contributed by atoms with Crippen LogP contribution in [-0.2, 0) is 13.0 Å². The van der Waals surface area contributed by atoms with Crippen LogP contribution in [-0.4, -0.2) is 82.8 Å². The highest BCUT2D eigenvalue weighted by Crippen LogP contribution is 2.59. The maximum Gasteiger partial charge on any atom is 0.228 e. The lowest BCUT2D eigenvalue weighted by Gasteiger charge is -2.46. The van der Waals surface area contributed by atoms with Gasteiger partial charge >= 0.3 is 0 Å². The quantitative estimate of drug-likeness (QED) is 0.157. The SMILES string of the molecule is COc1ccc(CN(C[C@H](O)CO)C[C@]2(O)CC[C@H]3c4ccc(cc4C(=O)c4ccco4)C[C@@H](O)CCC(C)=CCC[C@@]32C)c(OC)c1. The Morgan fingerprint density at radius 2 is 1.92 bits per heavy atom. The maximum absolute atomic E-state index is 14.0. The third-order valence-electron chi connectivity index (χ3n) is 10.7. The van der Waals surface area contributed by atoms with E-state index < -0.39 is 29.8 Å². The van der Waals surface area contributed by atoms with Gasteiger partial charge in [-0.3, -0.25) is 9.69 Å². The fourth-order valence-corrected chi connectivity index (χ4v) is 7.87. The fourth-order valence-electron chi connectivity index (χ4n) is 7.87. The highest BCUT2D eigenvalue weighted by atomic mass is 16.5. The van der Waals surface area contributed by atoms with E-state index >= 15 is 0 Å². The molecule has 1 heterocycles. The summed E-state index contributed by atoms with van der Waals surface area (Å²) >= 11 is 0. The van der Waals surface area contributed by atoms with Crippen molar-refractivity contribution in [1.82, 2.24) is 4.90 Å². The number of rotatable bonds is 11. The molecule has 48 heavy (non-hydrogen) atoms. The monoisotopic (exact) mass is 661 g/mol. The lowest BCUT2D eigenvalue weighted by molar-refractivity contribution is -0.0908. The first-order valence-corrected chi connectivity index (χ1v) is 17.0. The number of benzene rings is 2. The van der Waals surface area contributed by atoms with Gasteiger partial charge in [0.1, 0.15) is 11.5 Å². The van der Waals surface area contributed by atoms with Crippen LogP contribution in [0.3, 0.4) is 0 Å². The summed E-state index contributed by atoms with van der Waals surface area (Å²) in [6.07, 6.45) is 6.51. The van der Waals surface area contributed by atoms with Gasteiger partial charge < -0.3 is 34.3 Å². The minimum Gasteiger partial charge on any atom is -0.497 e. The number of hydrogen-bond donors (Lipinski definition) is 4. The molecule has 1 aromatic heterocycles. The number of carbonyl (C=O) groups is 1. The number of hydrogen-bond acceptors (Lipinski definition) is 9. The summed E-state index contributed by atoms with van der Waals surface area (Å²) in [4.78, 5) is 16.0. The molecule has 3 aliphatic carbocycles. The van der Waals surface area contributed by atoms with Crippen molar-refractivity contribution in [3.8, 4) is 11.5 Å². The van der Waals surface area contributed by atoms with Gasteiger partial charge in [0.2, 0.25) is 5.78 Å². The number of ether oxygens (including phenoxy) is 2. The van der Waals surface area contributed by atoms with Gasteiger partial charge in [-0.1, -0.05) is 36.8 Å². The molecule has 1 saturated carbocycles. The topological polar surface area (TPSA) is 133 Å². The van der Waals surface area contributed by atoms with Crippen molar-refractivity contribution >= 4 is 5.78 Å². The van der Waals surface area contributed by atoms with Crippen molar-refractivity contribution in [2.24, 2.45) is 5.41 Å². The molecule has 6 rings (SSSR count). The first kappa shape index (κ1) is 35.8. The van der Waals surface area contributed by atoms with Crippen LogP contribution < -0.4 is 9.47 Å². The minimum absolute atomic E-state index is 0.146. The van der Waals surface area contributed by atoms with Crippen LogP contribution in [0.2, 0.25) is 0 Å². The van der Waals surface area contributed by atoms with Gasteiger partial charge in [0, 0.05) is 42.2 Å². The molecule has 3 aliphatic rings. The molecule has 5 atom stereocenters. The van der Waals surface area contributed by atoms with Gasteiger partial charge in [0.25, 0.3) is 0 Å². The van der Waals surface area contributed by atoms with Gasteiger partial charge in [-0.15, -0.1) is 0 Å². The lowest BCUT2D eigenvalue weighted by atomic mass is 9.64. The largest absolute Gasteiger partial charge is 0.497 e. The molecule has 0 aliphatic heterocycles. The summed E-state index contributed by atoms with van der Waals surface area (Å²) < 4.78 is 16.6. The van der Waals surface area contributed by atoms with Crippen LogP contribution in [0, 0.1) is 5.41 Å².